The van der Waals surface area contributed by atoms with Gasteiger partial charge in [0, 0.05) is 0 Å². The van der Waals surface area contributed by atoms with Gasteiger partial charge in [0.25, 0.3) is 10.0 Å². The topological polar surface area (TPSA) is 84.9 Å². The summed E-state index contributed by atoms with van der Waals surface area (Å²) in [5.41, 5.74) is 0.967. The van der Waals surface area contributed by atoms with Crippen LogP contribution in [0.25, 0.3) is 0 Å². The van der Waals surface area contributed by atoms with Crippen LogP contribution in [0.15, 0.2) is 77.7 Å². The first-order valence-corrected chi connectivity index (χ1v) is 11.8. The highest BCUT2D eigenvalue weighted by Crippen LogP contribution is 2.32. The standard InChI is InChI=1S/C24H23FN2O5S/c1-17(18-7-12-22-23(15-18)32-14-13-31-22)26-24(28)16-27(20-10-8-19(25)9-11-20)33(29,30)21-5-3-2-4-6-21/h2-12,15,17H,13-14,16H2,1H3,(H,26,28)/t17-/m0/s1. The molecule has 7 nitrogen and oxygen atoms in total. The largest absolute Gasteiger partial charge is 0.486 e. The van der Waals surface area contributed by atoms with Gasteiger partial charge in [-0.05, 0) is 61.0 Å². The Hall–Kier alpha value is -3.59. The Kier molecular flexibility index (Phi) is 6.50. The van der Waals surface area contributed by atoms with Gasteiger partial charge in [0.05, 0.1) is 16.6 Å². The van der Waals surface area contributed by atoms with Crippen LogP contribution in [0.1, 0.15) is 18.5 Å². The average molecular weight is 471 g/mol. The van der Waals surface area contributed by atoms with Crippen LogP contribution in [0.4, 0.5) is 10.1 Å². The number of fused-ring (bicyclic) bond motifs is 1. The van der Waals surface area contributed by atoms with Gasteiger partial charge in [-0.25, -0.2) is 12.8 Å². The van der Waals surface area contributed by atoms with Crippen molar-refractivity contribution in [3.63, 3.8) is 0 Å². The summed E-state index contributed by atoms with van der Waals surface area (Å²) in [6.45, 7) is 2.24. The first-order valence-electron chi connectivity index (χ1n) is 10.4. The summed E-state index contributed by atoms with van der Waals surface area (Å²) >= 11 is 0. The SMILES string of the molecule is C[C@H](NC(=O)CN(c1ccc(F)cc1)S(=O)(=O)c1ccccc1)c1ccc2c(c1)OCCO2. The minimum absolute atomic E-state index is 0.0296. The Morgan fingerprint density at radius 3 is 2.36 bits per heavy atom. The molecule has 0 aliphatic carbocycles. The third-order valence-corrected chi connectivity index (χ3v) is 6.96. The zero-order valence-corrected chi connectivity index (χ0v) is 18.7. The van der Waals surface area contributed by atoms with Crippen molar-refractivity contribution in [2.45, 2.75) is 17.9 Å². The molecular weight excluding hydrogens is 447 g/mol. The second kappa shape index (κ2) is 9.50. The number of nitrogens with zero attached hydrogens (tertiary/aromatic N) is 1. The van der Waals surface area contributed by atoms with Crippen molar-refractivity contribution in [2.75, 3.05) is 24.1 Å². The summed E-state index contributed by atoms with van der Waals surface area (Å²) in [5, 5.41) is 2.82. The zero-order chi connectivity index (χ0) is 23.4. The quantitative estimate of drug-likeness (QED) is 0.570. The van der Waals surface area contributed by atoms with Crippen molar-refractivity contribution in [1.82, 2.24) is 5.32 Å². The molecule has 3 aromatic rings. The maximum Gasteiger partial charge on any atom is 0.264 e. The van der Waals surface area contributed by atoms with Crippen LogP contribution in [0.2, 0.25) is 0 Å². The Morgan fingerprint density at radius 2 is 1.67 bits per heavy atom. The lowest BCUT2D eigenvalue weighted by molar-refractivity contribution is -0.120. The number of sulfonamides is 1. The number of halogens is 1. The molecule has 0 unspecified atom stereocenters. The van der Waals surface area contributed by atoms with E-state index in [-0.39, 0.29) is 10.6 Å². The number of carbonyl (C=O) groups is 1. The van der Waals surface area contributed by atoms with E-state index in [4.69, 9.17) is 9.47 Å². The maximum absolute atomic E-state index is 13.4. The fraction of sp³-hybridized carbons (Fsp3) is 0.208. The van der Waals surface area contributed by atoms with Crippen LogP contribution in [0, 0.1) is 5.82 Å². The fourth-order valence-electron chi connectivity index (χ4n) is 3.47. The van der Waals surface area contributed by atoms with Crippen LogP contribution < -0.4 is 19.1 Å². The number of benzene rings is 3. The molecule has 0 aromatic heterocycles. The van der Waals surface area contributed by atoms with Crippen molar-refractivity contribution < 1.29 is 27.1 Å². The zero-order valence-electron chi connectivity index (χ0n) is 17.9. The lowest BCUT2D eigenvalue weighted by atomic mass is 10.1. The molecule has 0 saturated heterocycles. The van der Waals surface area contributed by atoms with Gasteiger partial charge in [-0.3, -0.25) is 9.10 Å². The van der Waals surface area contributed by atoms with Crippen molar-refractivity contribution in [2.24, 2.45) is 0 Å². The van der Waals surface area contributed by atoms with Crippen LogP contribution in [-0.4, -0.2) is 34.1 Å². The van der Waals surface area contributed by atoms with Gasteiger partial charge in [0.1, 0.15) is 25.6 Å². The third kappa shape index (κ3) is 5.09. The normalized spacial score (nSPS) is 13.8. The third-order valence-electron chi connectivity index (χ3n) is 5.18. The van der Waals surface area contributed by atoms with Gasteiger partial charge in [0.15, 0.2) is 11.5 Å². The van der Waals surface area contributed by atoms with Gasteiger partial charge in [-0.2, -0.15) is 0 Å². The Balaban J connectivity index is 1.56. The molecule has 1 aliphatic rings. The lowest BCUT2D eigenvalue weighted by Gasteiger charge is -2.25. The Morgan fingerprint density at radius 1 is 1.00 bits per heavy atom. The highest BCUT2D eigenvalue weighted by atomic mass is 32.2. The molecule has 0 fully saturated rings. The highest BCUT2D eigenvalue weighted by molar-refractivity contribution is 7.92. The highest BCUT2D eigenvalue weighted by Gasteiger charge is 2.28. The van der Waals surface area contributed by atoms with Gasteiger partial charge >= 0.3 is 0 Å². The van der Waals surface area contributed by atoms with Crippen LogP contribution in [0.5, 0.6) is 11.5 Å². The molecule has 1 aliphatic heterocycles. The smallest absolute Gasteiger partial charge is 0.264 e. The monoisotopic (exact) mass is 470 g/mol. The van der Waals surface area contributed by atoms with Gasteiger partial charge < -0.3 is 14.8 Å². The first kappa shape index (κ1) is 22.6. The number of ether oxygens (including phenoxy) is 2. The molecule has 1 amide bonds. The summed E-state index contributed by atoms with van der Waals surface area (Å²) in [5.74, 6) is 0.216. The summed E-state index contributed by atoms with van der Waals surface area (Å²) in [4.78, 5) is 12.9. The van der Waals surface area contributed by atoms with Crippen molar-refractivity contribution in [1.29, 1.82) is 0 Å². The van der Waals surface area contributed by atoms with Crippen LogP contribution in [0.3, 0.4) is 0 Å². The van der Waals surface area contributed by atoms with Gasteiger partial charge in [-0.15, -0.1) is 0 Å². The Bertz CT molecular complexity index is 1230. The second-order valence-electron chi connectivity index (χ2n) is 7.49. The van der Waals surface area contributed by atoms with Gasteiger partial charge in [0.2, 0.25) is 5.91 Å². The van der Waals surface area contributed by atoms with Crippen molar-refractivity contribution in [3.8, 4) is 11.5 Å². The molecule has 9 heteroatoms. The second-order valence-corrected chi connectivity index (χ2v) is 9.36. The van der Waals surface area contributed by atoms with Crippen molar-refractivity contribution in [3.05, 3.63) is 84.2 Å². The number of rotatable bonds is 7. The average Bonchev–Trinajstić information content (AvgIpc) is 2.83. The fourth-order valence-corrected chi connectivity index (χ4v) is 4.91. The van der Waals surface area contributed by atoms with E-state index in [1.165, 1.54) is 24.3 Å². The van der Waals surface area contributed by atoms with E-state index in [1.54, 1.807) is 37.3 Å². The molecule has 0 spiro atoms. The molecule has 1 N–H and O–H groups in total. The van der Waals surface area contributed by atoms with E-state index in [9.17, 15) is 17.6 Å². The predicted octanol–water partition coefficient (Wildman–Crippen LogP) is 3.67. The van der Waals surface area contributed by atoms with Crippen LogP contribution >= 0.6 is 0 Å². The van der Waals surface area contributed by atoms with E-state index >= 15 is 0 Å². The summed E-state index contributed by atoms with van der Waals surface area (Å²) in [6.07, 6.45) is 0. The Labute approximate surface area is 191 Å². The summed E-state index contributed by atoms with van der Waals surface area (Å²) in [6, 6.07) is 17.7. The van der Waals surface area contributed by atoms with Gasteiger partial charge in [-0.1, -0.05) is 24.3 Å². The van der Waals surface area contributed by atoms with E-state index in [2.05, 4.69) is 5.32 Å². The number of anilines is 1. The maximum atomic E-state index is 13.4. The minimum atomic E-state index is -4.06. The van der Waals surface area contributed by atoms with Crippen LogP contribution in [-0.2, 0) is 14.8 Å². The molecule has 0 bridgehead atoms. The molecule has 0 radical (unpaired) electrons. The van der Waals surface area contributed by atoms with E-state index in [0.717, 1.165) is 22.0 Å². The molecule has 0 saturated carbocycles. The number of hydrogen-bond acceptors (Lipinski definition) is 5. The van der Waals surface area contributed by atoms with E-state index < -0.39 is 34.3 Å². The summed E-state index contributed by atoms with van der Waals surface area (Å²) in [7, 11) is -4.06. The number of hydrogen-bond donors (Lipinski definition) is 1. The van der Waals surface area contributed by atoms with E-state index in [1.807, 2.05) is 6.07 Å². The molecule has 3 aromatic carbocycles. The minimum Gasteiger partial charge on any atom is -0.486 e. The number of carbonyl (C=O) groups excluding carboxylic acids is 1. The van der Waals surface area contributed by atoms with Crippen molar-refractivity contribution >= 4 is 21.6 Å². The molecule has 33 heavy (non-hydrogen) atoms. The summed E-state index contributed by atoms with van der Waals surface area (Å²) < 4.78 is 52.1. The predicted molar refractivity (Wildman–Crippen MR) is 121 cm³/mol. The first-order chi connectivity index (χ1) is 15.8. The molecule has 1 atom stereocenters. The lowest BCUT2D eigenvalue weighted by Crippen LogP contribution is -2.41. The van der Waals surface area contributed by atoms with E-state index in [0.29, 0.717) is 24.7 Å². The molecule has 4 rings (SSSR count). The number of amides is 1. The molecule has 1 heterocycles. The molecule has 172 valence electrons. The molecular formula is C24H23FN2O5S. The number of nitrogens with one attached hydrogen (secondary N) is 1.